The number of rotatable bonds is 7. The van der Waals surface area contributed by atoms with Gasteiger partial charge in [0.15, 0.2) is 0 Å². The number of nitrogens with one attached hydrogen (secondary N) is 1. The number of carbonyl (C=O) groups is 1. The van der Waals surface area contributed by atoms with E-state index in [2.05, 4.69) is 10.3 Å². The SMILES string of the molecule is COc1ccc([C@H](NC(=O)CCc2cccc(F)c2)C2CC(O)C2)cn1. The van der Waals surface area contributed by atoms with E-state index in [1.165, 1.54) is 12.1 Å². The number of ether oxygens (including phenoxy) is 1. The lowest BCUT2D eigenvalue weighted by molar-refractivity contribution is -0.123. The number of nitrogens with zero attached hydrogens (tertiary/aromatic N) is 1. The number of halogens is 1. The molecule has 1 amide bonds. The van der Waals surface area contributed by atoms with E-state index >= 15 is 0 Å². The highest BCUT2D eigenvalue weighted by Gasteiger charge is 2.35. The summed E-state index contributed by atoms with van der Waals surface area (Å²) in [6, 6.07) is 9.73. The molecule has 1 heterocycles. The Morgan fingerprint density at radius 1 is 1.38 bits per heavy atom. The molecule has 2 aromatic rings. The van der Waals surface area contributed by atoms with E-state index in [4.69, 9.17) is 4.74 Å². The van der Waals surface area contributed by atoms with Crippen molar-refractivity contribution in [2.45, 2.75) is 37.8 Å². The molecule has 2 N–H and O–H groups in total. The molecule has 1 fully saturated rings. The fraction of sp³-hybridized carbons (Fsp3) is 0.400. The maximum absolute atomic E-state index is 13.2. The summed E-state index contributed by atoms with van der Waals surface area (Å²) in [6.45, 7) is 0. The lowest BCUT2D eigenvalue weighted by Gasteiger charge is -2.38. The summed E-state index contributed by atoms with van der Waals surface area (Å²) in [4.78, 5) is 16.6. The van der Waals surface area contributed by atoms with E-state index in [0.717, 1.165) is 11.1 Å². The van der Waals surface area contributed by atoms with Crippen LogP contribution in [0.1, 0.15) is 36.4 Å². The molecule has 1 aromatic heterocycles. The number of carbonyl (C=O) groups excluding carboxylic acids is 1. The minimum absolute atomic E-state index is 0.100. The molecule has 0 unspecified atom stereocenters. The summed E-state index contributed by atoms with van der Waals surface area (Å²) in [6.07, 6.45) is 3.45. The highest BCUT2D eigenvalue weighted by molar-refractivity contribution is 5.76. The summed E-state index contributed by atoms with van der Waals surface area (Å²) in [5.41, 5.74) is 1.68. The Morgan fingerprint density at radius 3 is 2.81 bits per heavy atom. The molecule has 0 radical (unpaired) electrons. The average Bonchev–Trinajstić information content (AvgIpc) is 2.62. The van der Waals surface area contributed by atoms with E-state index in [0.29, 0.717) is 25.1 Å². The first-order chi connectivity index (χ1) is 12.5. The molecule has 0 saturated heterocycles. The van der Waals surface area contributed by atoms with Crippen molar-refractivity contribution in [1.82, 2.24) is 10.3 Å². The second kappa shape index (κ2) is 8.27. The van der Waals surface area contributed by atoms with Gasteiger partial charge in [-0.15, -0.1) is 0 Å². The molecular formula is C20H23FN2O3. The molecule has 6 heteroatoms. The van der Waals surface area contributed by atoms with Crippen molar-refractivity contribution in [2.75, 3.05) is 7.11 Å². The van der Waals surface area contributed by atoms with Crippen LogP contribution in [0, 0.1) is 11.7 Å². The van der Waals surface area contributed by atoms with Crippen LogP contribution in [0.5, 0.6) is 5.88 Å². The molecule has 1 atom stereocenters. The van der Waals surface area contributed by atoms with Gasteiger partial charge < -0.3 is 15.2 Å². The molecule has 0 aliphatic heterocycles. The summed E-state index contributed by atoms with van der Waals surface area (Å²) in [5.74, 6) is 0.293. The third kappa shape index (κ3) is 4.58. The summed E-state index contributed by atoms with van der Waals surface area (Å²) < 4.78 is 18.3. The Balaban J connectivity index is 1.63. The number of aliphatic hydroxyl groups is 1. The largest absolute Gasteiger partial charge is 0.481 e. The summed E-state index contributed by atoms with van der Waals surface area (Å²) in [5, 5.41) is 12.7. The van der Waals surface area contributed by atoms with Gasteiger partial charge in [0.1, 0.15) is 5.82 Å². The first-order valence-electron chi connectivity index (χ1n) is 8.77. The van der Waals surface area contributed by atoms with Crippen LogP contribution in [0.3, 0.4) is 0 Å². The molecule has 1 saturated carbocycles. The van der Waals surface area contributed by atoms with Crippen LogP contribution < -0.4 is 10.1 Å². The van der Waals surface area contributed by atoms with Gasteiger partial charge in [-0.3, -0.25) is 4.79 Å². The summed E-state index contributed by atoms with van der Waals surface area (Å²) in [7, 11) is 1.55. The minimum Gasteiger partial charge on any atom is -0.481 e. The van der Waals surface area contributed by atoms with Crippen molar-refractivity contribution in [3.63, 3.8) is 0 Å². The Morgan fingerprint density at radius 2 is 2.19 bits per heavy atom. The van der Waals surface area contributed by atoms with Gasteiger partial charge in [0.25, 0.3) is 0 Å². The van der Waals surface area contributed by atoms with E-state index in [9.17, 15) is 14.3 Å². The van der Waals surface area contributed by atoms with Gasteiger partial charge in [-0.1, -0.05) is 18.2 Å². The third-order valence-electron chi connectivity index (χ3n) is 4.79. The number of pyridine rings is 1. The van der Waals surface area contributed by atoms with Gasteiger partial charge in [-0.2, -0.15) is 0 Å². The monoisotopic (exact) mass is 358 g/mol. The van der Waals surface area contributed by atoms with Gasteiger partial charge in [0, 0.05) is 18.7 Å². The van der Waals surface area contributed by atoms with Crippen LogP contribution in [0.25, 0.3) is 0 Å². The van der Waals surface area contributed by atoms with Crippen LogP contribution >= 0.6 is 0 Å². The lowest BCUT2D eigenvalue weighted by Crippen LogP contribution is -2.41. The Labute approximate surface area is 152 Å². The normalized spacial score (nSPS) is 20.1. The number of methoxy groups -OCH3 is 1. The standard InChI is InChI=1S/C20H23FN2O3/c1-26-19-8-6-14(12-22-19)20(15-10-17(24)11-15)23-18(25)7-5-13-3-2-4-16(21)9-13/h2-4,6,8-9,12,15,17,20,24H,5,7,10-11H2,1H3,(H,23,25)/t15?,17?,20-/m0/s1. The fourth-order valence-electron chi connectivity index (χ4n) is 3.27. The number of benzene rings is 1. The predicted molar refractivity (Wildman–Crippen MR) is 95.1 cm³/mol. The first-order valence-corrected chi connectivity index (χ1v) is 8.77. The van der Waals surface area contributed by atoms with E-state index in [-0.39, 0.29) is 36.2 Å². The highest BCUT2D eigenvalue weighted by atomic mass is 19.1. The average molecular weight is 358 g/mol. The quantitative estimate of drug-likeness (QED) is 0.798. The second-order valence-corrected chi connectivity index (χ2v) is 6.69. The molecule has 138 valence electrons. The maximum Gasteiger partial charge on any atom is 0.220 e. The lowest BCUT2D eigenvalue weighted by atomic mass is 9.75. The van der Waals surface area contributed by atoms with Crippen molar-refractivity contribution in [1.29, 1.82) is 0 Å². The van der Waals surface area contributed by atoms with Crippen LogP contribution in [-0.4, -0.2) is 29.2 Å². The van der Waals surface area contributed by atoms with Gasteiger partial charge in [-0.25, -0.2) is 9.37 Å². The van der Waals surface area contributed by atoms with Crippen LogP contribution in [-0.2, 0) is 11.2 Å². The first kappa shape index (κ1) is 18.3. The zero-order chi connectivity index (χ0) is 18.5. The van der Waals surface area contributed by atoms with Crippen LogP contribution in [0.15, 0.2) is 42.6 Å². The van der Waals surface area contributed by atoms with Crippen molar-refractivity contribution in [3.05, 3.63) is 59.5 Å². The van der Waals surface area contributed by atoms with Gasteiger partial charge in [-0.05, 0) is 48.4 Å². The van der Waals surface area contributed by atoms with Crippen LogP contribution in [0.2, 0.25) is 0 Å². The van der Waals surface area contributed by atoms with Crippen molar-refractivity contribution >= 4 is 5.91 Å². The zero-order valence-electron chi connectivity index (χ0n) is 14.7. The number of aromatic nitrogens is 1. The smallest absolute Gasteiger partial charge is 0.220 e. The van der Waals surface area contributed by atoms with Gasteiger partial charge in [0.2, 0.25) is 11.8 Å². The van der Waals surface area contributed by atoms with Crippen molar-refractivity contribution in [2.24, 2.45) is 5.92 Å². The number of hydrogen-bond acceptors (Lipinski definition) is 4. The third-order valence-corrected chi connectivity index (χ3v) is 4.79. The Kier molecular flexibility index (Phi) is 5.83. The zero-order valence-corrected chi connectivity index (χ0v) is 14.7. The topological polar surface area (TPSA) is 71.5 Å². The molecule has 5 nitrogen and oxygen atoms in total. The molecule has 26 heavy (non-hydrogen) atoms. The number of hydrogen-bond donors (Lipinski definition) is 2. The molecule has 0 spiro atoms. The number of aryl methyl sites for hydroxylation is 1. The molecule has 1 aliphatic carbocycles. The molecule has 1 aliphatic rings. The van der Waals surface area contributed by atoms with Gasteiger partial charge >= 0.3 is 0 Å². The molecular weight excluding hydrogens is 335 g/mol. The Bertz CT molecular complexity index is 745. The van der Waals surface area contributed by atoms with Crippen LogP contribution in [0.4, 0.5) is 4.39 Å². The van der Waals surface area contributed by atoms with E-state index < -0.39 is 0 Å². The number of amides is 1. The molecule has 3 rings (SSSR count). The number of aliphatic hydroxyl groups excluding tert-OH is 1. The minimum atomic E-state index is -0.307. The highest BCUT2D eigenvalue weighted by Crippen LogP contribution is 2.38. The van der Waals surface area contributed by atoms with E-state index in [1.807, 2.05) is 12.1 Å². The fourth-order valence-corrected chi connectivity index (χ4v) is 3.27. The van der Waals surface area contributed by atoms with Crippen molar-refractivity contribution in [3.8, 4) is 5.88 Å². The Hall–Kier alpha value is -2.47. The molecule has 1 aromatic carbocycles. The van der Waals surface area contributed by atoms with E-state index in [1.54, 1.807) is 25.4 Å². The van der Waals surface area contributed by atoms with Crippen molar-refractivity contribution < 1.29 is 19.0 Å². The maximum atomic E-state index is 13.2. The second-order valence-electron chi connectivity index (χ2n) is 6.69. The molecule has 0 bridgehead atoms. The summed E-state index contributed by atoms with van der Waals surface area (Å²) >= 11 is 0. The predicted octanol–water partition coefficient (Wildman–Crippen LogP) is 2.79. The van der Waals surface area contributed by atoms with Gasteiger partial charge in [0.05, 0.1) is 19.3 Å².